The Morgan fingerprint density at radius 1 is 0.547 bits per heavy atom. The summed E-state index contributed by atoms with van der Waals surface area (Å²) in [4.78, 5) is 18.7. The van der Waals surface area contributed by atoms with Crippen LogP contribution in [0.3, 0.4) is 0 Å². The average molecular weight is 877 g/mol. The minimum Gasteiger partial charge on any atom is -0.503 e. The van der Waals surface area contributed by atoms with E-state index in [-0.39, 0.29) is 46.3 Å². The molecule has 0 aliphatic rings. The summed E-state index contributed by atoms with van der Waals surface area (Å²) in [7, 11) is 0. The molecule has 0 amide bonds. The van der Waals surface area contributed by atoms with Crippen LogP contribution in [0.25, 0.3) is 50.3 Å². The molecular weight excluding hydrogens is 843 g/mol. The number of ether oxygens (including phenoxy) is 2. The number of benzene rings is 4. The van der Waals surface area contributed by atoms with Crippen LogP contribution in [0.4, 0.5) is 0 Å². The molecule has 7 nitrogen and oxygen atoms in total. The van der Waals surface area contributed by atoms with E-state index >= 15 is 0 Å². The van der Waals surface area contributed by atoms with Gasteiger partial charge < -0.3 is 24.0 Å². The van der Waals surface area contributed by atoms with Crippen molar-refractivity contribution in [1.29, 1.82) is 0 Å². The van der Waals surface area contributed by atoms with E-state index in [4.69, 9.17) is 19.4 Å². The molecule has 0 N–H and O–H groups in total. The summed E-state index contributed by atoms with van der Waals surface area (Å²) >= 11 is 0. The molecule has 0 spiro atoms. The number of aryl methyl sites for hydroxylation is 2. The van der Waals surface area contributed by atoms with Gasteiger partial charge in [0.25, 0.3) is 0 Å². The zero-order chi connectivity index (χ0) is 35.1. The first kappa shape index (κ1) is 37.7. The average Bonchev–Trinajstić information content (AvgIpc) is 3.44. The molecule has 0 saturated carbocycles. The topological polar surface area (TPSA) is 75.0 Å². The van der Waals surface area contributed by atoms with Crippen molar-refractivity contribution < 1.29 is 50.3 Å². The van der Waals surface area contributed by atoms with Crippen molar-refractivity contribution in [2.45, 2.75) is 40.0 Å². The van der Waals surface area contributed by atoms with Crippen LogP contribution in [-0.2, 0) is 46.3 Å². The first-order valence-corrected chi connectivity index (χ1v) is 16.7. The van der Waals surface area contributed by atoms with Crippen LogP contribution in [0.2, 0.25) is 0 Å². The molecule has 0 aliphatic carbocycles. The fourth-order valence-corrected chi connectivity index (χ4v) is 5.89. The van der Waals surface area contributed by atoms with Gasteiger partial charge in [-0.15, -0.1) is 71.8 Å². The van der Waals surface area contributed by atoms with Gasteiger partial charge in [-0.3, -0.25) is 0 Å². The van der Waals surface area contributed by atoms with Crippen molar-refractivity contribution in [3.05, 3.63) is 151 Å². The van der Waals surface area contributed by atoms with Gasteiger partial charge in [0.2, 0.25) is 5.95 Å². The first-order chi connectivity index (χ1) is 24.7. The predicted octanol–water partition coefficient (Wildman–Crippen LogP) is 10.4. The summed E-state index contributed by atoms with van der Waals surface area (Å²) in [5.41, 5.74) is 8.03. The van der Waals surface area contributed by atoms with Crippen molar-refractivity contribution >= 4 is 21.8 Å². The predicted molar refractivity (Wildman–Crippen MR) is 199 cm³/mol. The fraction of sp³-hybridized carbons (Fsp3) is 0.136. The Morgan fingerprint density at radius 3 is 1.43 bits per heavy atom. The van der Waals surface area contributed by atoms with E-state index in [0.717, 1.165) is 61.0 Å². The van der Waals surface area contributed by atoms with Gasteiger partial charge in [0.1, 0.15) is 0 Å². The molecule has 53 heavy (non-hydrogen) atoms. The maximum Gasteiger partial charge on any atom is 2.00 e. The van der Waals surface area contributed by atoms with Crippen LogP contribution in [0.1, 0.15) is 37.5 Å². The van der Waals surface area contributed by atoms with Gasteiger partial charge in [-0.05, 0) is 48.3 Å². The molecule has 266 valence electrons. The van der Waals surface area contributed by atoms with E-state index in [1.165, 1.54) is 0 Å². The summed E-state index contributed by atoms with van der Waals surface area (Å²) in [6.07, 6.45) is 7.35. The van der Waals surface area contributed by atoms with Gasteiger partial charge in [0.05, 0.1) is 0 Å². The molecule has 8 rings (SSSR count). The Bertz CT molecular complexity index is 2410. The molecule has 0 aliphatic heterocycles. The van der Waals surface area contributed by atoms with Crippen LogP contribution in [0, 0.1) is 38.1 Å². The SMILES string of the molecule is Cc1ccnc(-c2[c-]c(Oc3[c-]c4c(cc3)c3ccc(Oc5[c-]c(-c6cc(C)ccn6)ccc5)[c-]c3n4-c3ncc(C(C)(C)C)cn3)ccc2)c1.[Pd+2].[Pd+2]. The fourth-order valence-electron chi connectivity index (χ4n) is 5.89. The third kappa shape index (κ3) is 8.00. The molecule has 4 heterocycles. The first-order valence-electron chi connectivity index (χ1n) is 16.7. The monoisotopic (exact) mass is 875 g/mol. The Kier molecular flexibility index (Phi) is 11.1. The molecule has 0 saturated heterocycles. The van der Waals surface area contributed by atoms with E-state index in [1.54, 1.807) is 12.4 Å². The molecule has 8 aromatic rings. The van der Waals surface area contributed by atoms with Gasteiger partial charge >= 0.3 is 40.8 Å². The maximum absolute atomic E-state index is 6.35. The third-order valence-electron chi connectivity index (χ3n) is 8.60. The summed E-state index contributed by atoms with van der Waals surface area (Å²) in [6, 6.07) is 41.1. The van der Waals surface area contributed by atoms with Crippen LogP contribution in [-0.4, -0.2) is 24.5 Å². The number of rotatable bonds is 7. The number of nitrogens with zero attached hydrogens (tertiary/aromatic N) is 5. The quantitative estimate of drug-likeness (QED) is 0.117. The van der Waals surface area contributed by atoms with Gasteiger partial charge in [-0.1, -0.05) is 67.2 Å². The van der Waals surface area contributed by atoms with Crippen molar-refractivity contribution in [3.8, 4) is 51.5 Å². The van der Waals surface area contributed by atoms with E-state index in [9.17, 15) is 0 Å². The zero-order valence-corrected chi connectivity index (χ0v) is 32.7. The largest absolute Gasteiger partial charge is 2.00 e. The molecule has 0 radical (unpaired) electrons. The Balaban J connectivity index is 0.00000240. The van der Waals surface area contributed by atoms with Crippen LogP contribution < -0.4 is 9.47 Å². The Hall–Kier alpha value is -5.02. The van der Waals surface area contributed by atoms with E-state index < -0.39 is 0 Å². The van der Waals surface area contributed by atoms with Crippen molar-refractivity contribution in [3.63, 3.8) is 0 Å². The molecule has 4 aromatic heterocycles. The summed E-state index contributed by atoms with van der Waals surface area (Å²) in [5, 5.41) is 1.90. The molecule has 0 atom stereocenters. The Labute approximate surface area is 336 Å². The van der Waals surface area contributed by atoms with Crippen LogP contribution in [0.5, 0.6) is 23.0 Å². The molecular formula is C44H33N5O2Pd2. The van der Waals surface area contributed by atoms with Crippen LogP contribution >= 0.6 is 0 Å². The van der Waals surface area contributed by atoms with Gasteiger partial charge in [0.15, 0.2) is 0 Å². The standard InChI is InChI=1S/C44H33N5O2.2Pd/c1-28-16-18-45-39(20-28)30-8-6-10-33(22-30)50-35-12-14-37-38-15-13-36(51-34-11-7-9-31(23-34)40-21-29(2)17-19-46-40)25-42(38)49(41(37)24-35)43-47-26-32(27-48-43)44(3,4)5;;/h6-21,26-27H,1-5H3;;/q-4;2*+2. The molecule has 4 aromatic carbocycles. The number of aromatic nitrogens is 5. The minimum atomic E-state index is -0.0996. The second-order valence-electron chi connectivity index (χ2n) is 13.5. The third-order valence-corrected chi connectivity index (χ3v) is 8.60. The van der Waals surface area contributed by atoms with Gasteiger partial charge in [-0.25, -0.2) is 9.97 Å². The number of fused-ring (bicyclic) bond motifs is 3. The second kappa shape index (κ2) is 15.5. The van der Waals surface area contributed by atoms with E-state index in [2.05, 4.69) is 55.0 Å². The maximum atomic E-state index is 6.35. The van der Waals surface area contributed by atoms with Crippen molar-refractivity contribution in [1.82, 2.24) is 24.5 Å². The number of pyridine rings is 2. The molecule has 0 fully saturated rings. The van der Waals surface area contributed by atoms with Crippen molar-refractivity contribution in [2.75, 3.05) is 0 Å². The van der Waals surface area contributed by atoms with Gasteiger partial charge in [0, 0.05) is 47.8 Å². The van der Waals surface area contributed by atoms with Crippen molar-refractivity contribution in [2.24, 2.45) is 0 Å². The second-order valence-corrected chi connectivity index (χ2v) is 13.5. The number of hydrogen-bond acceptors (Lipinski definition) is 6. The zero-order valence-electron chi connectivity index (χ0n) is 29.6. The van der Waals surface area contributed by atoms with Gasteiger partial charge in [-0.2, -0.15) is 22.9 Å². The molecule has 0 unspecified atom stereocenters. The Morgan fingerprint density at radius 2 is 1.00 bits per heavy atom. The number of hydrogen-bond donors (Lipinski definition) is 0. The molecule has 9 heteroatoms. The normalized spacial score (nSPS) is 11.2. The summed E-state index contributed by atoms with van der Waals surface area (Å²) in [5.74, 6) is 2.65. The minimum absolute atomic E-state index is 0. The van der Waals surface area contributed by atoms with E-state index in [1.807, 2.05) is 116 Å². The van der Waals surface area contributed by atoms with E-state index in [0.29, 0.717) is 28.9 Å². The summed E-state index contributed by atoms with van der Waals surface area (Å²) < 4.78 is 14.6. The van der Waals surface area contributed by atoms with Crippen LogP contribution in [0.15, 0.2) is 110 Å². The smallest absolute Gasteiger partial charge is 0.503 e. The summed E-state index contributed by atoms with van der Waals surface area (Å²) in [6.45, 7) is 10.5. The molecule has 0 bridgehead atoms.